The summed E-state index contributed by atoms with van der Waals surface area (Å²) in [5.74, 6) is 0. The van der Waals surface area contributed by atoms with Gasteiger partial charge >= 0.3 is 0 Å². The molecule has 1 rings (SSSR count). The van der Waals surface area contributed by atoms with Crippen molar-refractivity contribution in [2.24, 2.45) is 0 Å². The van der Waals surface area contributed by atoms with Gasteiger partial charge in [0.25, 0.3) is 0 Å². The quantitative estimate of drug-likeness (QED) is 0.593. The van der Waals surface area contributed by atoms with Gasteiger partial charge < -0.3 is 9.47 Å². The van der Waals surface area contributed by atoms with Crippen LogP contribution < -0.4 is 0 Å². The Morgan fingerprint density at radius 2 is 0.778 bits per heavy atom. The van der Waals surface area contributed by atoms with E-state index in [2.05, 4.69) is 12.2 Å². The van der Waals surface area contributed by atoms with Crippen molar-refractivity contribution >= 4 is 0 Å². The van der Waals surface area contributed by atoms with Gasteiger partial charge in [-0.3, -0.25) is 0 Å². The van der Waals surface area contributed by atoms with Crippen molar-refractivity contribution in [1.29, 1.82) is 0 Å². The van der Waals surface area contributed by atoms with Crippen molar-refractivity contribution in [2.75, 3.05) is 26.4 Å². The van der Waals surface area contributed by atoms with E-state index in [-0.39, 0.29) is 0 Å². The fourth-order valence-corrected chi connectivity index (χ4v) is 2.26. The van der Waals surface area contributed by atoms with Crippen LogP contribution >= 0.6 is 0 Å². The second-order valence-corrected chi connectivity index (χ2v) is 5.16. The van der Waals surface area contributed by atoms with Crippen LogP contribution in [0.3, 0.4) is 0 Å². The number of ether oxygens (including phenoxy) is 2. The Labute approximate surface area is 113 Å². The molecule has 1 aliphatic heterocycles. The Hall–Kier alpha value is -0.340. The molecular weight excluding hydrogens is 224 g/mol. The normalized spacial score (nSPS) is 24.9. The van der Waals surface area contributed by atoms with E-state index < -0.39 is 0 Å². The van der Waals surface area contributed by atoms with Gasteiger partial charge in [0.1, 0.15) is 0 Å². The zero-order valence-electron chi connectivity index (χ0n) is 11.9. The molecule has 1 aliphatic rings. The van der Waals surface area contributed by atoms with E-state index in [9.17, 15) is 0 Å². The van der Waals surface area contributed by atoms with Gasteiger partial charge in [0.05, 0.1) is 13.2 Å². The second-order valence-electron chi connectivity index (χ2n) is 5.16. The third-order valence-electron chi connectivity index (χ3n) is 3.42. The average Bonchev–Trinajstić information content (AvgIpc) is 2.39. The molecular formula is C16H30O2. The maximum absolute atomic E-state index is 5.54. The molecule has 0 spiro atoms. The molecule has 106 valence electrons. The van der Waals surface area contributed by atoms with Gasteiger partial charge in [-0.1, -0.05) is 63.5 Å². The largest absolute Gasteiger partial charge is 0.377 e. The van der Waals surface area contributed by atoms with Crippen LogP contribution in [0.15, 0.2) is 12.2 Å². The minimum absolute atomic E-state index is 0.739. The van der Waals surface area contributed by atoms with Gasteiger partial charge in [0.2, 0.25) is 0 Å². The predicted octanol–water partition coefficient (Wildman–Crippen LogP) is 4.49. The Morgan fingerprint density at radius 1 is 0.444 bits per heavy atom. The molecule has 2 heteroatoms. The minimum atomic E-state index is 0.739. The maximum atomic E-state index is 5.54. The van der Waals surface area contributed by atoms with Gasteiger partial charge in [-0.15, -0.1) is 0 Å². The Balaban J connectivity index is 2.06. The lowest BCUT2D eigenvalue weighted by atomic mass is 10.1. The third-order valence-corrected chi connectivity index (χ3v) is 3.42. The Kier molecular flexibility index (Phi) is 11.4. The summed E-state index contributed by atoms with van der Waals surface area (Å²) < 4.78 is 11.1. The van der Waals surface area contributed by atoms with Gasteiger partial charge in [-0.25, -0.2) is 0 Å². The summed E-state index contributed by atoms with van der Waals surface area (Å²) >= 11 is 0. The molecule has 0 unspecified atom stereocenters. The van der Waals surface area contributed by atoms with E-state index >= 15 is 0 Å². The lowest BCUT2D eigenvalue weighted by Gasteiger charge is -2.05. The number of hydrogen-bond donors (Lipinski definition) is 0. The monoisotopic (exact) mass is 254 g/mol. The fraction of sp³-hybridized carbons (Fsp3) is 0.875. The van der Waals surface area contributed by atoms with Crippen LogP contribution in [-0.4, -0.2) is 26.4 Å². The highest BCUT2D eigenvalue weighted by Gasteiger charge is 1.94. The Bertz CT molecular complexity index is 170. The van der Waals surface area contributed by atoms with Crippen molar-refractivity contribution in [1.82, 2.24) is 0 Å². The highest BCUT2D eigenvalue weighted by molar-refractivity contribution is 4.81. The first-order chi connectivity index (χ1) is 9.00. The molecule has 0 radical (unpaired) electrons. The van der Waals surface area contributed by atoms with Gasteiger partial charge in [0.15, 0.2) is 0 Å². The molecule has 0 N–H and O–H groups in total. The van der Waals surface area contributed by atoms with Crippen molar-refractivity contribution < 1.29 is 9.47 Å². The van der Waals surface area contributed by atoms with Crippen LogP contribution in [-0.2, 0) is 9.47 Å². The first-order valence-corrected chi connectivity index (χ1v) is 7.80. The van der Waals surface area contributed by atoms with Crippen LogP contribution in [0.25, 0.3) is 0 Å². The van der Waals surface area contributed by atoms with Crippen molar-refractivity contribution in [2.45, 2.75) is 64.2 Å². The summed E-state index contributed by atoms with van der Waals surface area (Å²) in [6.07, 6.45) is 17.6. The van der Waals surface area contributed by atoms with Crippen molar-refractivity contribution in [3.8, 4) is 0 Å². The molecule has 0 amide bonds. The molecule has 0 saturated heterocycles. The summed E-state index contributed by atoms with van der Waals surface area (Å²) in [4.78, 5) is 0. The van der Waals surface area contributed by atoms with E-state index in [4.69, 9.17) is 9.47 Å². The third kappa shape index (κ3) is 10.8. The van der Waals surface area contributed by atoms with Crippen LogP contribution in [0.2, 0.25) is 0 Å². The fourth-order valence-electron chi connectivity index (χ4n) is 2.26. The molecule has 0 aromatic rings. The lowest BCUT2D eigenvalue weighted by molar-refractivity contribution is 0.148. The summed E-state index contributed by atoms with van der Waals surface area (Å²) in [5.41, 5.74) is 0. The first kappa shape index (κ1) is 15.7. The Morgan fingerprint density at radius 3 is 1.17 bits per heavy atom. The molecule has 0 bridgehead atoms. The van der Waals surface area contributed by atoms with Crippen LogP contribution in [0, 0.1) is 0 Å². The maximum Gasteiger partial charge on any atom is 0.0648 e. The zero-order chi connectivity index (χ0) is 12.7. The zero-order valence-corrected chi connectivity index (χ0v) is 11.9. The van der Waals surface area contributed by atoms with Crippen LogP contribution in [0.1, 0.15) is 64.2 Å². The van der Waals surface area contributed by atoms with E-state index in [1.807, 2.05) is 0 Å². The molecule has 0 fully saturated rings. The topological polar surface area (TPSA) is 18.5 Å². The molecule has 18 heavy (non-hydrogen) atoms. The summed E-state index contributed by atoms with van der Waals surface area (Å²) in [5, 5.41) is 0. The molecule has 0 aromatic heterocycles. The summed E-state index contributed by atoms with van der Waals surface area (Å²) in [6.45, 7) is 3.29. The van der Waals surface area contributed by atoms with E-state index in [0.717, 1.165) is 26.4 Å². The molecule has 0 atom stereocenters. The smallest absolute Gasteiger partial charge is 0.0648 e. The van der Waals surface area contributed by atoms with Gasteiger partial charge in [0, 0.05) is 13.2 Å². The SMILES string of the molecule is C1=C\COCCCCCCCCCCCCOC/1. The van der Waals surface area contributed by atoms with E-state index in [1.165, 1.54) is 64.2 Å². The highest BCUT2D eigenvalue weighted by atomic mass is 16.5. The first-order valence-electron chi connectivity index (χ1n) is 7.80. The van der Waals surface area contributed by atoms with Crippen molar-refractivity contribution in [3.63, 3.8) is 0 Å². The summed E-state index contributed by atoms with van der Waals surface area (Å²) in [6, 6.07) is 0. The van der Waals surface area contributed by atoms with Gasteiger partial charge in [-0.05, 0) is 12.8 Å². The number of hydrogen-bond acceptors (Lipinski definition) is 2. The molecule has 2 nitrogen and oxygen atoms in total. The van der Waals surface area contributed by atoms with E-state index in [1.54, 1.807) is 0 Å². The van der Waals surface area contributed by atoms with E-state index in [0.29, 0.717) is 0 Å². The standard InChI is InChI=1S/C16H30O2/c1-2-4-6-8-10-14-18-16-12-11-15-17-13-9-7-5-3-1/h11-12H,1-10,13-16H2/b12-11-. The minimum Gasteiger partial charge on any atom is -0.377 e. The molecule has 1 heterocycles. The predicted molar refractivity (Wildman–Crippen MR) is 76.9 cm³/mol. The van der Waals surface area contributed by atoms with Crippen molar-refractivity contribution in [3.05, 3.63) is 12.2 Å². The van der Waals surface area contributed by atoms with Crippen LogP contribution in [0.5, 0.6) is 0 Å². The van der Waals surface area contributed by atoms with Crippen LogP contribution in [0.4, 0.5) is 0 Å². The number of rotatable bonds is 0. The second kappa shape index (κ2) is 13.1. The van der Waals surface area contributed by atoms with Gasteiger partial charge in [-0.2, -0.15) is 0 Å². The lowest BCUT2D eigenvalue weighted by Crippen LogP contribution is -1.97. The molecule has 0 aliphatic carbocycles. The average molecular weight is 254 g/mol. The molecule has 0 saturated carbocycles. The highest BCUT2D eigenvalue weighted by Crippen LogP contribution is 2.10. The summed E-state index contributed by atoms with van der Waals surface area (Å²) in [7, 11) is 0. The molecule has 0 aromatic carbocycles.